The second-order valence-electron chi connectivity index (χ2n) is 8.31. The molecule has 0 radical (unpaired) electrons. The number of hydrogen-bond acceptors (Lipinski definition) is 6. The van der Waals surface area contributed by atoms with Crippen molar-refractivity contribution in [1.29, 1.82) is 0 Å². The van der Waals surface area contributed by atoms with E-state index in [4.69, 9.17) is 15.2 Å². The Bertz CT molecular complexity index is 1660. The monoisotopic (exact) mass is 513 g/mol. The largest absolute Gasteiger partial charge is 0.491 e. The van der Waals surface area contributed by atoms with E-state index in [1.165, 1.54) is 22.8 Å². The van der Waals surface area contributed by atoms with Crippen molar-refractivity contribution in [1.82, 2.24) is 14.5 Å². The highest BCUT2D eigenvalue weighted by Gasteiger charge is 2.17. The number of anilines is 1. The van der Waals surface area contributed by atoms with Crippen molar-refractivity contribution >= 4 is 22.6 Å². The molecule has 0 aliphatic carbocycles. The number of H-pyrrole nitrogens is 1. The van der Waals surface area contributed by atoms with Gasteiger partial charge in [-0.2, -0.15) is 0 Å². The van der Waals surface area contributed by atoms with Crippen LogP contribution in [-0.2, 0) is 0 Å². The summed E-state index contributed by atoms with van der Waals surface area (Å²) >= 11 is 0. The van der Waals surface area contributed by atoms with E-state index in [1.54, 1.807) is 61.1 Å². The predicted molar refractivity (Wildman–Crippen MR) is 142 cm³/mol. The Kier molecular flexibility index (Phi) is 7.14. The number of carbonyl (C=O) groups excluding carboxylic acids is 1. The molecule has 0 fully saturated rings. The lowest BCUT2D eigenvalue weighted by Gasteiger charge is -2.14. The Labute approximate surface area is 216 Å². The van der Waals surface area contributed by atoms with Gasteiger partial charge >= 0.3 is 0 Å². The lowest BCUT2D eigenvalue weighted by Crippen LogP contribution is -2.28. The SMILES string of the molecule is NCCCOc1ccccc1-n1cccc(C(=O)Nc2ccc(Oc3ccnc4[nH]ccc34)c(F)c2)c1=O. The smallest absolute Gasteiger partial charge is 0.268 e. The normalized spacial score (nSPS) is 10.9. The van der Waals surface area contributed by atoms with E-state index >= 15 is 0 Å². The van der Waals surface area contributed by atoms with Gasteiger partial charge in [0.15, 0.2) is 11.6 Å². The summed E-state index contributed by atoms with van der Waals surface area (Å²) < 4.78 is 27.7. The molecule has 3 aromatic heterocycles. The number of fused-ring (bicyclic) bond motifs is 1. The van der Waals surface area contributed by atoms with Crippen LogP contribution in [0.15, 0.2) is 90.1 Å². The number of amides is 1. The number of aromatic amines is 1. The maximum absolute atomic E-state index is 14.9. The van der Waals surface area contributed by atoms with Gasteiger partial charge in [-0.3, -0.25) is 14.2 Å². The minimum absolute atomic E-state index is 0.0231. The first-order chi connectivity index (χ1) is 18.5. The van der Waals surface area contributed by atoms with E-state index in [-0.39, 0.29) is 17.0 Å². The van der Waals surface area contributed by atoms with E-state index in [0.717, 1.165) is 6.07 Å². The fourth-order valence-electron chi connectivity index (χ4n) is 3.90. The molecule has 2 aromatic carbocycles. The predicted octanol–water partition coefficient (Wildman–Crippen LogP) is 4.63. The molecule has 1 amide bonds. The zero-order valence-electron chi connectivity index (χ0n) is 20.2. The molecule has 38 heavy (non-hydrogen) atoms. The van der Waals surface area contributed by atoms with Crippen LogP contribution < -0.4 is 26.1 Å². The van der Waals surface area contributed by atoms with Gasteiger partial charge in [0, 0.05) is 30.3 Å². The summed E-state index contributed by atoms with van der Waals surface area (Å²) in [4.78, 5) is 33.4. The molecule has 4 N–H and O–H groups in total. The molecule has 10 heteroatoms. The third-order valence-corrected chi connectivity index (χ3v) is 5.75. The number of halogens is 1. The highest BCUT2D eigenvalue weighted by Crippen LogP contribution is 2.31. The highest BCUT2D eigenvalue weighted by atomic mass is 19.1. The number of nitrogens with zero attached hydrogens (tertiary/aromatic N) is 2. The summed E-state index contributed by atoms with van der Waals surface area (Å²) in [6, 6.07) is 17.5. The zero-order chi connectivity index (χ0) is 26.5. The zero-order valence-corrected chi connectivity index (χ0v) is 20.2. The van der Waals surface area contributed by atoms with Crippen LogP contribution in [0.4, 0.5) is 10.1 Å². The Morgan fingerprint density at radius 2 is 1.92 bits per heavy atom. The number of ether oxygens (including phenoxy) is 2. The molecule has 0 atom stereocenters. The average Bonchev–Trinajstić information content (AvgIpc) is 3.41. The van der Waals surface area contributed by atoms with Gasteiger partial charge in [0.25, 0.3) is 11.5 Å². The highest BCUT2D eigenvalue weighted by molar-refractivity contribution is 6.04. The maximum Gasteiger partial charge on any atom is 0.268 e. The molecule has 5 aromatic rings. The van der Waals surface area contributed by atoms with Crippen LogP contribution in [0, 0.1) is 5.82 Å². The number of nitrogens with one attached hydrogen (secondary N) is 2. The van der Waals surface area contributed by atoms with Crippen molar-refractivity contribution in [2.75, 3.05) is 18.5 Å². The van der Waals surface area contributed by atoms with Crippen molar-refractivity contribution in [3.8, 4) is 22.9 Å². The Morgan fingerprint density at radius 3 is 2.76 bits per heavy atom. The number of aromatic nitrogens is 3. The summed E-state index contributed by atoms with van der Waals surface area (Å²) in [6.45, 7) is 0.872. The van der Waals surface area contributed by atoms with Crippen molar-refractivity contribution in [2.24, 2.45) is 5.73 Å². The van der Waals surface area contributed by atoms with E-state index < -0.39 is 17.3 Å². The second-order valence-corrected chi connectivity index (χ2v) is 8.31. The third-order valence-electron chi connectivity index (χ3n) is 5.75. The van der Waals surface area contributed by atoms with Crippen LogP contribution in [0.25, 0.3) is 16.7 Å². The minimum Gasteiger partial charge on any atom is -0.491 e. The lowest BCUT2D eigenvalue weighted by molar-refractivity contribution is 0.102. The standard InChI is InChI=1S/C28H24FN5O4/c29-21-17-18(8-9-24(21)38-23-11-14-32-26-19(23)10-13-31-26)33-27(35)20-5-3-15-34(28(20)36)22-6-1-2-7-25(22)37-16-4-12-30/h1-3,5-11,13-15,17H,4,12,16,30H2,(H,31,32)(H,33,35). The lowest BCUT2D eigenvalue weighted by atomic mass is 10.2. The first-order valence-electron chi connectivity index (χ1n) is 11.9. The number of para-hydroxylation sites is 2. The average molecular weight is 514 g/mol. The Hall–Kier alpha value is -4.96. The number of hydrogen-bond donors (Lipinski definition) is 3. The first-order valence-corrected chi connectivity index (χ1v) is 11.9. The van der Waals surface area contributed by atoms with Crippen molar-refractivity contribution in [2.45, 2.75) is 6.42 Å². The van der Waals surface area contributed by atoms with Crippen LogP contribution >= 0.6 is 0 Å². The molecule has 0 saturated heterocycles. The van der Waals surface area contributed by atoms with Crippen LogP contribution in [0.2, 0.25) is 0 Å². The van der Waals surface area contributed by atoms with Gasteiger partial charge in [-0.25, -0.2) is 9.37 Å². The fourth-order valence-corrected chi connectivity index (χ4v) is 3.90. The number of benzene rings is 2. The molecule has 0 spiro atoms. The van der Waals surface area contributed by atoms with Gasteiger partial charge in [0.05, 0.1) is 17.7 Å². The summed E-state index contributed by atoms with van der Waals surface area (Å²) in [5.41, 5.74) is 6.15. The summed E-state index contributed by atoms with van der Waals surface area (Å²) in [6.07, 6.45) is 5.48. The van der Waals surface area contributed by atoms with Crippen molar-refractivity contribution in [3.05, 3.63) is 107 Å². The van der Waals surface area contributed by atoms with Gasteiger partial charge in [-0.15, -0.1) is 0 Å². The quantitative estimate of drug-likeness (QED) is 0.247. The van der Waals surface area contributed by atoms with Crippen LogP contribution in [-0.4, -0.2) is 33.6 Å². The van der Waals surface area contributed by atoms with Crippen LogP contribution in [0.1, 0.15) is 16.8 Å². The molecule has 3 heterocycles. The molecule has 0 bridgehead atoms. The number of rotatable bonds is 9. The van der Waals surface area contributed by atoms with E-state index in [1.807, 2.05) is 0 Å². The van der Waals surface area contributed by atoms with Gasteiger partial charge < -0.3 is 25.5 Å². The van der Waals surface area contributed by atoms with E-state index in [0.29, 0.717) is 47.8 Å². The number of carbonyl (C=O) groups is 1. The van der Waals surface area contributed by atoms with Gasteiger partial charge in [-0.1, -0.05) is 12.1 Å². The van der Waals surface area contributed by atoms with Gasteiger partial charge in [-0.05, 0) is 61.5 Å². The van der Waals surface area contributed by atoms with Crippen LogP contribution in [0.5, 0.6) is 17.2 Å². The molecule has 5 rings (SSSR count). The summed E-state index contributed by atoms with van der Waals surface area (Å²) in [7, 11) is 0. The van der Waals surface area contributed by atoms with E-state index in [2.05, 4.69) is 15.3 Å². The van der Waals surface area contributed by atoms with E-state index in [9.17, 15) is 14.0 Å². The third kappa shape index (κ3) is 5.11. The number of pyridine rings is 2. The summed E-state index contributed by atoms with van der Waals surface area (Å²) in [5, 5.41) is 3.29. The molecule has 0 saturated carbocycles. The number of nitrogens with two attached hydrogens (primary N) is 1. The molecule has 9 nitrogen and oxygen atoms in total. The first kappa shape index (κ1) is 24.7. The molecular formula is C28H24FN5O4. The van der Waals surface area contributed by atoms with Gasteiger partial charge in [0.1, 0.15) is 22.7 Å². The maximum atomic E-state index is 14.9. The molecule has 192 valence electrons. The topological polar surface area (TPSA) is 124 Å². The molecule has 0 unspecified atom stereocenters. The summed E-state index contributed by atoms with van der Waals surface area (Å²) in [5.74, 6) is -0.460. The van der Waals surface area contributed by atoms with Crippen LogP contribution in [0.3, 0.4) is 0 Å². The van der Waals surface area contributed by atoms with Crippen molar-refractivity contribution < 1.29 is 18.7 Å². The molecule has 0 aliphatic rings. The second kappa shape index (κ2) is 11.0. The van der Waals surface area contributed by atoms with Gasteiger partial charge in [0.2, 0.25) is 0 Å². The molecule has 0 aliphatic heterocycles. The Morgan fingerprint density at radius 1 is 1.05 bits per heavy atom. The fraction of sp³-hybridized carbons (Fsp3) is 0.107. The minimum atomic E-state index is -0.683. The Balaban J connectivity index is 1.35. The molecular weight excluding hydrogens is 489 g/mol. The van der Waals surface area contributed by atoms with Crippen molar-refractivity contribution in [3.63, 3.8) is 0 Å².